The van der Waals surface area contributed by atoms with Crippen LogP contribution >= 0.6 is 0 Å². The van der Waals surface area contributed by atoms with Gasteiger partial charge in [-0.25, -0.2) is 4.98 Å². The van der Waals surface area contributed by atoms with Gasteiger partial charge in [-0.05, 0) is 31.2 Å². The van der Waals surface area contributed by atoms with Gasteiger partial charge in [-0.15, -0.1) is 0 Å². The van der Waals surface area contributed by atoms with Crippen LogP contribution < -0.4 is 10.3 Å². The van der Waals surface area contributed by atoms with Crippen molar-refractivity contribution >= 4 is 10.9 Å². The number of hydrogen-bond acceptors (Lipinski definition) is 4. The molecule has 0 aliphatic carbocycles. The normalized spacial score (nSPS) is 16.5. The van der Waals surface area contributed by atoms with Crippen molar-refractivity contribution < 1.29 is 9.47 Å². The fourth-order valence-electron chi connectivity index (χ4n) is 2.61. The third kappa shape index (κ3) is 2.71. The number of aryl methyl sites for hydroxylation is 1. The first-order chi connectivity index (χ1) is 11.2. The molecule has 4 rings (SSSR count). The number of nitrogens with zero attached hydrogens (tertiary/aromatic N) is 2. The van der Waals surface area contributed by atoms with Crippen LogP contribution in [0.3, 0.4) is 0 Å². The fraction of sp³-hybridized carbons (Fsp3) is 0.222. The van der Waals surface area contributed by atoms with Gasteiger partial charge in [0.2, 0.25) is 0 Å². The molecule has 1 aliphatic heterocycles. The maximum absolute atomic E-state index is 12.8. The standard InChI is InChI=1S/C18H16N2O3/c1-12-19-17-8-3-2-7-16(17)18(21)20(12)13-5-4-6-14(9-13)22-10-15-11-23-15/h2-9,15H,10-11H2,1H3. The smallest absolute Gasteiger partial charge is 0.265 e. The van der Waals surface area contributed by atoms with Crippen LogP contribution in [0.5, 0.6) is 5.75 Å². The van der Waals surface area contributed by atoms with Crippen molar-refractivity contribution in [1.82, 2.24) is 9.55 Å². The van der Waals surface area contributed by atoms with Crippen LogP contribution in [0.2, 0.25) is 0 Å². The number of rotatable bonds is 4. The van der Waals surface area contributed by atoms with Gasteiger partial charge in [-0.1, -0.05) is 18.2 Å². The van der Waals surface area contributed by atoms with E-state index in [4.69, 9.17) is 9.47 Å². The molecule has 1 fully saturated rings. The van der Waals surface area contributed by atoms with E-state index >= 15 is 0 Å². The first kappa shape index (κ1) is 14.0. The van der Waals surface area contributed by atoms with E-state index in [0.717, 1.165) is 18.0 Å². The van der Waals surface area contributed by atoms with E-state index < -0.39 is 0 Å². The zero-order chi connectivity index (χ0) is 15.8. The quantitative estimate of drug-likeness (QED) is 0.695. The fourth-order valence-corrected chi connectivity index (χ4v) is 2.61. The molecule has 5 heteroatoms. The molecule has 1 atom stereocenters. The summed E-state index contributed by atoms with van der Waals surface area (Å²) in [6.45, 7) is 3.12. The summed E-state index contributed by atoms with van der Waals surface area (Å²) >= 11 is 0. The van der Waals surface area contributed by atoms with Gasteiger partial charge in [0.25, 0.3) is 5.56 Å². The molecule has 0 saturated carbocycles. The minimum absolute atomic E-state index is 0.0734. The van der Waals surface area contributed by atoms with Gasteiger partial charge in [0.15, 0.2) is 0 Å². The second-order valence-corrected chi connectivity index (χ2v) is 5.58. The molecule has 1 unspecified atom stereocenters. The van der Waals surface area contributed by atoms with Crippen LogP contribution in [0, 0.1) is 6.92 Å². The minimum Gasteiger partial charge on any atom is -0.491 e. The molecule has 0 bridgehead atoms. The summed E-state index contributed by atoms with van der Waals surface area (Å²) in [4.78, 5) is 17.3. The minimum atomic E-state index is -0.0734. The van der Waals surface area contributed by atoms with Crippen LogP contribution in [0.4, 0.5) is 0 Å². The Morgan fingerprint density at radius 3 is 2.91 bits per heavy atom. The first-order valence-electron chi connectivity index (χ1n) is 7.55. The highest BCUT2D eigenvalue weighted by atomic mass is 16.6. The van der Waals surface area contributed by atoms with Crippen LogP contribution in [-0.4, -0.2) is 28.9 Å². The molecule has 3 aromatic rings. The van der Waals surface area contributed by atoms with Gasteiger partial charge in [0, 0.05) is 6.07 Å². The molecule has 1 aliphatic rings. The van der Waals surface area contributed by atoms with E-state index in [1.165, 1.54) is 0 Å². The van der Waals surface area contributed by atoms with Gasteiger partial charge in [0.1, 0.15) is 24.3 Å². The van der Waals surface area contributed by atoms with E-state index in [1.54, 1.807) is 10.6 Å². The second kappa shape index (κ2) is 5.52. The topological polar surface area (TPSA) is 56.7 Å². The van der Waals surface area contributed by atoms with E-state index in [0.29, 0.717) is 23.3 Å². The van der Waals surface area contributed by atoms with Gasteiger partial charge >= 0.3 is 0 Å². The largest absolute Gasteiger partial charge is 0.491 e. The Labute approximate surface area is 133 Å². The monoisotopic (exact) mass is 308 g/mol. The summed E-state index contributed by atoms with van der Waals surface area (Å²) in [5, 5.41) is 0.607. The molecule has 1 saturated heterocycles. The van der Waals surface area contributed by atoms with E-state index in [-0.39, 0.29) is 11.7 Å². The van der Waals surface area contributed by atoms with Crippen molar-refractivity contribution in [2.24, 2.45) is 0 Å². The maximum atomic E-state index is 12.8. The van der Waals surface area contributed by atoms with Crippen molar-refractivity contribution in [3.63, 3.8) is 0 Å². The van der Waals surface area contributed by atoms with Crippen LogP contribution in [0.25, 0.3) is 16.6 Å². The van der Waals surface area contributed by atoms with Gasteiger partial charge in [-0.2, -0.15) is 0 Å². The van der Waals surface area contributed by atoms with Crippen LogP contribution in [0.1, 0.15) is 5.82 Å². The molecule has 2 aromatic carbocycles. The number of epoxide rings is 1. The highest BCUT2D eigenvalue weighted by molar-refractivity contribution is 5.77. The number of fused-ring (bicyclic) bond motifs is 1. The Balaban J connectivity index is 1.79. The molecular weight excluding hydrogens is 292 g/mol. The zero-order valence-corrected chi connectivity index (χ0v) is 12.7. The lowest BCUT2D eigenvalue weighted by molar-refractivity contribution is 0.263. The predicted octanol–water partition coefficient (Wildman–Crippen LogP) is 2.47. The van der Waals surface area contributed by atoms with Crippen molar-refractivity contribution in [1.29, 1.82) is 0 Å². The molecule has 23 heavy (non-hydrogen) atoms. The molecular formula is C18H16N2O3. The summed E-state index contributed by atoms with van der Waals surface area (Å²) in [6.07, 6.45) is 0.199. The first-order valence-corrected chi connectivity index (χ1v) is 7.55. The molecule has 0 spiro atoms. The van der Waals surface area contributed by atoms with Crippen molar-refractivity contribution in [2.75, 3.05) is 13.2 Å². The Morgan fingerprint density at radius 2 is 2.09 bits per heavy atom. The SMILES string of the molecule is Cc1nc2ccccc2c(=O)n1-c1cccc(OCC2CO2)c1. The Kier molecular flexibility index (Phi) is 3.35. The number of aromatic nitrogens is 2. The number of hydrogen-bond donors (Lipinski definition) is 0. The van der Waals surface area contributed by atoms with Gasteiger partial charge in [-0.3, -0.25) is 9.36 Å². The average molecular weight is 308 g/mol. The lowest BCUT2D eigenvalue weighted by Gasteiger charge is -2.12. The molecule has 5 nitrogen and oxygen atoms in total. The molecule has 2 heterocycles. The average Bonchev–Trinajstić information content (AvgIpc) is 3.38. The van der Waals surface area contributed by atoms with Crippen molar-refractivity contribution in [3.8, 4) is 11.4 Å². The zero-order valence-electron chi connectivity index (χ0n) is 12.7. The Hall–Kier alpha value is -2.66. The highest BCUT2D eigenvalue weighted by Gasteiger charge is 2.23. The lowest BCUT2D eigenvalue weighted by Crippen LogP contribution is -2.22. The van der Waals surface area contributed by atoms with Gasteiger partial charge < -0.3 is 9.47 Å². The summed E-state index contributed by atoms with van der Waals surface area (Å²) in [7, 11) is 0. The van der Waals surface area contributed by atoms with Crippen LogP contribution in [-0.2, 0) is 4.74 Å². The van der Waals surface area contributed by atoms with Gasteiger partial charge in [0.05, 0.1) is 23.2 Å². The Bertz CT molecular complexity index is 929. The third-order valence-corrected chi connectivity index (χ3v) is 3.86. The summed E-state index contributed by atoms with van der Waals surface area (Å²) in [6, 6.07) is 14.9. The van der Waals surface area contributed by atoms with Crippen LogP contribution in [0.15, 0.2) is 53.3 Å². The number of ether oxygens (including phenoxy) is 2. The predicted molar refractivity (Wildman–Crippen MR) is 87.3 cm³/mol. The van der Waals surface area contributed by atoms with E-state index in [2.05, 4.69) is 4.98 Å². The van der Waals surface area contributed by atoms with Crippen molar-refractivity contribution in [2.45, 2.75) is 13.0 Å². The number of para-hydroxylation sites is 1. The van der Waals surface area contributed by atoms with Crippen molar-refractivity contribution in [3.05, 3.63) is 64.7 Å². The maximum Gasteiger partial charge on any atom is 0.265 e. The molecule has 1 aromatic heterocycles. The second-order valence-electron chi connectivity index (χ2n) is 5.58. The van der Waals surface area contributed by atoms with E-state index in [1.807, 2.05) is 49.4 Å². The summed E-state index contributed by atoms with van der Waals surface area (Å²) < 4.78 is 12.5. The molecule has 0 N–H and O–H groups in total. The number of benzene rings is 2. The lowest BCUT2D eigenvalue weighted by atomic mass is 10.2. The Morgan fingerprint density at radius 1 is 1.26 bits per heavy atom. The molecule has 0 amide bonds. The third-order valence-electron chi connectivity index (χ3n) is 3.86. The summed E-state index contributed by atoms with van der Waals surface area (Å²) in [5.41, 5.74) is 1.39. The summed E-state index contributed by atoms with van der Waals surface area (Å²) in [5.74, 6) is 1.37. The molecule has 0 radical (unpaired) electrons. The highest BCUT2D eigenvalue weighted by Crippen LogP contribution is 2.19. The molecule has 116 valence electrons. The van der Waals surface area contributed by atoms with E-state index in [9.17, 15) is 4.79 Å².